The van der Waals surface area contributed by atoms with E-state index in [4.69, 9.17) is 4.74 Å². The van der Waals surface area contributed by atoms with Gasteiger partial charge in [-0.05, 0) is 32.9 Å². The number of morpholine rings is 1. The van der Waals surface area contributed by atoms with Crippen molar-refractivity contribution in [3.8, 4) is 0 Å². The van der Waals surface area contributed by atoms with Crippen LogP contribution in [0.25, 0.3) is 0 Å². The number of pyridine rings is 1. The number of anilines is 1. The van der Waals surface area contributed by atoms with Crippen LogP contribution < -0.4 is 4.90 Å². The first-order valence-corrected chi connectivity index (χ1v) is 6.10. The Balaban J connectivity index is 2.15. The quantitative estimate of drug-likeness (QED) is 0.849. The lowest BCUT2D eigenvalue weighted by Gasteiger charge is -2.38. The summed E-state index contributed by atoms with van der Waals surface area (Å²) in [5, 5.41) is 9.42. The van der Waals surface area contributed by atoms with Gasteiger partial charge in [0.05, 0.1) is 36.4 Å². The third-order valence-electron chi connectivity index (χ3n) is 3.14. The minimum atomic E-state index is -0.509. The van der Waals surface area contributed by atoms with E-state index in [1.807, 2.05) is 18.3 Å². The normalized spacial score (nSPS) is 26.9. The summed E-state index contributed by atoms with van der Waals surface area (Å²) in [4.78, 5) is 6.58. The van der Waals surface area contributed by atoms with Crippen LogP contribution in [-0.4, -0.2) is 35.4 Å². The van der Waals surface area contributed by atoms with Gasteiger partial charge in [0.15, 0.2) is 0 Å². The molecule has 1 N–H and O–H groups in total. The molecule has 1 saturated heterocycles. The fourth-order valence-corrected chi connectivity index (χ4v) is 2.08. The number of aromatic nitrogens is 1. The fourth-order valence-electron chi connectivity index (χ4n) is 2.08. The van der Waals surface area contributed by atoms with Crippen molar-refractivity contribution in [2.45, 2.75) is 39.0 Å². The van der Waals surface area contributed by atoms with Crippen molar-refractivity contribution in [1.82, 2.24) is 4.98 Å². The van der Waals surface area contributed by atoms with E-state index in [1.54, 1.807) is 6.92 Å². The molecule has 0 spiro atoms. The first-order valence-electron chi connectivity index (χ1n) is 6.10. The van der Waals surface area contributed by atoms with Crippen LogP contribution in [-0.2, 0) is 4.74 Å². The average molecular weight is 236 g/mol. The lowest BCUT2D eigenvalue weighted by atomic mass is 10.1. The van der Waals surface area contributed by atoms with Gasteiger partial charge < -0.3 is 14.7 Å². The van der Waals surface area contributed by atoms with E-state index in [2.05, 4.69) is 23.7 Å². The number of aliphatic hydroxyl groups excluding tert-OH is 1. The van der Waals surface area contributed by atoms with Crippen LogP contribution in [0.5, 0.6) is 0 Å². The smallest absolute Gasteiger partial charge is 0.0931 e. The Morgan fingerprint density at radius 3 is 2.82 bits per heavy atom. The van der Waals surface area contributed by atoms with Crippen LogP contribution in [0.2, 0.25) is 0 Å². The lowest BCUT2D eigenvalue weighted by molar-refractivity contribution is 0.0343. The van der Waals surface area contributed by atoms with Crippen molar-refractivity contribution in [3.63, 3.8) is 0 Å². The van der Waals surface area contributed by atoms with E-state index in [1.165, 1.54) is 0 Å². The summed E-state index contributed by atoms with van der Waals surface area (Å²) in [7, 11) is 0. The second kappa shape index (κ2) is 5.02. The van der Waals surface area contributed by atoms with Gasteiger partial charge in [0.2, 0.25) is 0 Å². The number of rotatable bonds is 2. The van der Waals surface area contributed by atoms with Crippen LogP contribution >= 0.6 is 0 Å². The molecule has 0 bridgehead atoms. The molecule has 2 rings (SSSR count). The van der Waals surface area contributed by atoms with Crippen molar-refractivity contribution >= 4 is 5.69 Å². The Bertz CT molecular complexity index is 364. The third kappa shape index (κ3) is 2.76. The molecule has 1 aromatic heterocycles. The topological polar surface area (TPSA) is 45.6 Å². The Hall–Kier alpha value is -1.13. The first kappa shape index (κ1) is 12.3. The molecule has 0 saturated carbocycles. The predicted octanol–water partition coefficient (Wildman–Crippen LogP) is 1.75. The van der Waals surface area contributed by atoms with Crippen LogP contribution in [0.1, 0.15) is 32.6 Å². The zero-order valence-electron chi connectivity index (χ0n) is 10.6. The maximum Gasteiger partial charge on any atom is 0.0931 e. The summed E-state index contributed by atoms with van der Waals surface area (Å²) >= 11 is 0. The standard InChI is InChI=1S/C13H20N2O2/c1-9-8-17-10(2)7-15(9)12-4-5-13(11(3)16)14-6-12/h4-6,9-11,16H,7-8H2,1-3H3. The monoisotopic (exact) mass is 236 g/mol. The molecule has 0 aliphatic carbocycles. The lowest BCUT2D eigenvalue weighted by Crippen LogP contribution is -2.47. The highest BCUT2D eigenvalue weighted by Crippen LogP contribution is 2.22. The summed E-state index contributed by atoms with van der Waals surface area (Å²) in [6.45, 7) is 7.59. The first-order chi connectivity index (χ1) is 8.08. The van der Waals surface area contributed by atoms with E-state index in [-0.39, 0.29) is 6.10 Å². The van der Waals surface area contributed by atoms with Gasteiger partial charge in [0.25, 0.3) is 0 Å². The second-order valence-electron chi connectivity index (χ2n) is 4.76. The van der Waals surface area contributed by atoms with Gasteiger partial charge in [-0.25, -0.2) is 0 Å². The highest BCUT2D eigenvalue weighted by atomic mass is 16.5. The van der Waals surface area contributed by atoms with E-state index in [9.17, 15) is 5.11 Å². The van der Waals surface area contributed by atoms with Gasteiger partial charge in [0, 0.05) is 12.6 Å². The minimum Gasteiger partial charge on any atom is -0.387 e. The molecule has 4 heteroatoms. The number of hydrogen-bond acceptors (Lipinski definition) is 4. The van der Waals surface area contributed by atoms with Crippen molar-refractivity contribution in [2.75, 3.05) is 18.1 Å². The van der Waals surface area contributed by atoms with Crippen LogP contribution in [0.3, 0.4) is 0 Å². The predicted molar refractivity (Wildman–Crippen MR) is 67.1 cm³/mol. The average Bonchev–Trinajstić information content (AvgIpc) is 2.32. The number of hydrogen-bond donors (Lipinski definition) is 1. The van der Waals surface area contributed by atoms with Gasteiger partial charge in [-0.2, -0.15) is 0 Å². The second-order valence-corrected chi connectivity index (χ2v) is 4.76. The van der Waals surface area contributed by atoms with Gasteiger partial charge in [-0.15, -0.1) is 0 Å². The van der Waals surface area contributed by atoms with Crippen molar-refractivity contribution in [2.24, 2.45) is 0 Å². The fraction of sp³-hybridized carbons (Fsp3) is 0.615. The molecule has 0 aromatic carbocycles. The number of ether oxygens (including phenoxy) is 1. The minimum absolute atomic E-state index is 0.252. The molecular formula is C13H20N2O2. The Morgan fingerprint density at radius 1 is 1.47 bits per heavy atom. The molecule has 3 unspecified atom stereocenters. The number of aliphatic hydroxyl groups is 1. The van der Waals surface area contributed by atoms with E-state index >= 15 is 0 Å². The zero-order valence-corrected chi connectivity index (χ0v) is 10.6. The molecule has 2 heterocycles. The number of nitrogens with zero attached hydrogens (tertiary/aromatic N) is 2. The van der Waals surface area contributed by atoms with E-state index < -0.39 is 6.10 Å². The largest absolute Gasteiger partial charge is 0.387 e. The molecule has 4 nitrogen and oxygen atoms in total. The van der Waals surface area contributed by atoms with E-state index in [0.717, 1.165) is 18.8 Å². The van der Waals surface area contributed by atoms with Crippen molar-refractivity contribution in [1.29, 1.82) is 0 Å². The van der Waals surface area contributed by atoms with Crippen LogP contribution in [0, 0.1) is 0 Å². The summed E-state index contributed by atoms with van der Waals surface area (Å²) in [6.07, 6.45) is 1.57. The maximum absolute atomic E-state index is 9.42. The van der Waals surface area contributed by atoms with Crippen LogP contribution in [0.15, 0.2) is 18.3 Å². The van der Waals surface area contributed by atoms with Crippen molar-refractivity contribution < 1.29 is 9.84 Å². The summed E-state index contributed by atoms with van der Waals surface area (Å²) in [5.41, 5.74) is 1.81. The zero-order chi connectivity index (χ0) is 12.4. The van der Waals surface area contributed by atoms with Crippen LogP contribution in [0.4, 0.5) is 5.69 Å². The molecule has 1 aliphatic heterocycles. The Morgan fingerprint density at radius 2 is 2.24 bits per heavy atom. The highest BCUT2D eigenvalue weighted by molar-refractivity contribution is 5.46. The van der Waals surface area contributed by atoms with Gasteiger partial charge in [-0.1, -0.05) is 0 Å². The Labute approximate surface area is 102 Å². The molecular weight excluding hydrogens is 216 g/mol. The Kier molecular flexibility index (Phi) is 3.64. The molecule has 0 radical (unpaired) electrons. The molecule has 3 atom stereocenters. The third-order valence-corrected chi connectivity index (χ3v) is 3.14. The molecule has 0 amide bonds. The molecule has 1 fully saturated rings. The summed E-state index contributed by atoms with van der Waals surface area (Å²) in [6, 6.07) is 4.27. The summed E-state index contributed by atoms with van der Waals surface area (Å²) < 4.78 is 5.60. The highest BCUT2D eigenvalue weighted by Gasteiger charge is 2.23. The molecule has 17 heavy (non-hydrogen) atoms. The van der Waals surface area contributed by atoms with Crippen molar-refractivity contribution in [3.05, 3.63) is 24.0 Å². The molecule has 94 valence electrons. The maximum atomic E-state index is 9.42. The van der Waals surface area contributed by atoms with Gasteiger partial charge in [0.1, 0.15) is 0 Å². The van der Waals surface area contributed by atoms with Gasteiger partial charge >= 0.3 is 0 Å². The molecule has 1 aromatic rings. The molecule has 1 aliphatic rings. The van der Waals surface area contributed by atoms with E-state index in [0.29, 0.717) is 11.7 Å². The SMILES string of the molecule is CC1CN(c2ccc(C(C)O)nc2)C(C)CO1. The van der Waals surface area contributed by atoms with Gasteiger partial charge in [-0.3, -0.25) is 4.98 Å². The summed E-state index contributed by atoms with van der Waals surface area (Å²) in [5.74, 6) is 0.